The number of anilines is 1. The lowest BCUT2D eigenvalue weighted by molar-refractivity contribution is 0.568. The van der Waals surface area contributed by atoms with Crippen molar-refractivity contribution >= 4 is 28.3 Å². The molecule has 0 aliphatic heterocycles. The Morgan fingerprint density at radius 1 is 1.50 bits per heavy atom. The fourth-order valence-corrected chi connectivity index (χ4v) is 3.38. The van der Waals surface area contributed by atoms with Gasteiger partial charge in [0.1, 0.15) is 0 Å². The summed E-state index contributed by atoms with van der Waals surface area (Å²) in [7, 11) is 0. The minimum atomic E-state index is 0.188. The second kappa shape index (κ2) is 3.70. The SMILES string of the molecule is Cc1cc(I)c2c(c1N)CCCC2N. The van der Waals surface area contributed by atoms with Gasteiger partial charge >= 0.3 is 0 Å². The van der Waals surface area contributed by atoms with Gasteiger partial charge in [0.05, 0.1) is 0 Å². The summed E-state index contributed by atoms with van der Waals surface area (Å²) in [6.07, 6.45) is 3.34. The lowest BCUT2D eigenvalue weighted by Crippen LogP contribution is -2.20. The Morgan fingerprint density at radius 2 is 2.21 bits per heavy atom. The summed E-state index contributed by atoms with van der Waals surface area (Å²) in [5, 5.41) is 0. The normalized spacial score (nSPS) is 20.6. The van der Waals surface area contributed by atoms with Crippen molar-refractivity contribution in [2.45, 2.75) is 32.2 Å². The average Bonchev–Trinajstić information content (AvgIpc) is 2.14. The van der Waals surface area contributed by atoms with Gasteiger partial charge in [-0.05, 0) is 71.5 Å². The van der Waals surface area contributed by atoms with Gasteiger partial charge in [-0.15, -0.1) is 0 Å². The predicted molar refractivity (Wildman–Crippen MR) is 68.2 cm³/mol. The maximum atomic E-state index is 6.11. The topological polar surface area (TPSA) is 52.0 Å². The molecule has 1 atom stereocenters. The van der Waals surface area contributed by atoms with E-state index in [1.165, 1.54) is 20.3 Å². The third kappa shape index (κ3) is 1.52. The van der Waals surface area contributed by atoms with Gasteiger partial charge in [0.15, 0.2) is 0 Å². The van der Waals surface area contributed by atoms with Gasteiger partial charge in [0, 0.05) is 15.3 Å². The van der Waals surface area contributed by atoms with Gasteiger partial charge in [0.25, 0.3) is 0 Å². The van der Waals surface area contributed by atoms with E-state index in [1.807, 2.05) is 0 Å². The van der Waals surface area contributed by atoms with Gasteiger partial charge in [-0.25, -0.2) is 0 Å². The first-order valence-corrected chi connectivity index (χ1v) is 6.02. The minimum Gasteiger partial charge on any atom is -0.398 e. The molecule has 2 rings (SSSR count). The number of halogens is 1. The zero-order valence-corrected chi connectivity index (χ0v) is 10.5. The Kier molecular flexibility index (Phi) is 2.70. The van der Waals surface area contributed by atoms with Crippen molar-refractivity contribution in [3.8, 4) is 0 Å². The van der Waals surface area contributed by atoms with Crippen molar-refractivity contribution in [2.75, 3.05) is 5.73 Å². The van der Waals surface area contributed by atoms with Crippen molar-refractivity contribution in [1.82, 2.24) is 0 Å². The van der Waals surface area contributed by atoms with Crippen molar-refractivity contribution in [3.05, 3.63) is 26.3 Å². The lowest BCUT2D eigenvalue weighted by atomic mass is 9.86. The van der Waals surface area contributed by atoms with Crippen LogP contribution in [0.4, 0.5) is 5.69 Å². The van der Waals surface area contributed by atoms with Crippen LogP contribution in [0.3, 0.4) is 0 Å². The number of nitrogen functional groups attached to an aromatic ring is 1. The highest BCUT2D eigenvalue weighted by Gasteiger charge is 2.22. The molecule has 0 saturated carbocycles. The van der Waals surface area contributed by atoms with Crippen molar-refractivity contribution in [1.29, 1.82) is 0 Å². The molecule has 1 aromatic rings. The number of aryl methyl sites for hydroxylation is 1. The molecule has 0 saturated heterocycles. The molecular formula is C11H15IN2. The number of benzene rings is 1. The summed E-state index contributed by atoms with van der Waals surface area (Å²) in [5.41, 5.74) is 16.9. The highest BCUT2D eigenvalue weighted by Crippen LogP contribution is 2.36. The van der Waals surface area contributed by atoms with Crippen LogP contribution in [0.2, 0.25) is 0 Å². The Labute approximate surface area is 98.2 Å². The quantitative estimate of drug-likeness (QED) is 0.571. The number of rotatable bonds is 0. The van der Waals surface area contributed by atoms with E-state index in [4.69, 9.17) is 11.5 Å². The second-order valence-corrected chi connectivity index (χ2v) is 5.14. The molecule has 1 aromatic carbocycles. The molecule has 2 nitrogen and oxygen atoms in total. The van der Waals surface area contributed by atoms with Crippen LogP contribution < -0.4 is 11.5 Å². The standard InChI is InChI=1S/C11H15IN2/c1-6-5-8(12)10-7(11(6)14)3-2-4-9(10)13/h5,9H,2-4,13-14H2,1H3. The van der Waals surface area contributed by atoms with Gasteiger partial charge in [0.2, 0.25) is 0 Å². The lowest BCUT2D eigenvalue weighted by Gasteiger charge is -2.26. The zero-order chi connectivity index (χ0) is 10.3. The largest absolute Gasteiger partial charge is 0.398 e. The molecule has 0 bridgehead atoms. The maximum Gasteiger partial charge on any atom is 0.0380 e. The molecule has 0 fully saturated rings. The number of nitrogens with two attached hydrogens (primary N) is 2. The summed E-state index contributed by atoms with van der Waals surface area (Å²) in [4.78, 5) is 0. The molecule has 1 unspecified atom stereocenters. The van der Waals surface area contributed by atoms with E-state index in [2.05, 4.69) is 35.6 Å². The van der Waals surface area contributed by atoms with Crippen LogP contribution in [0, 0.1) is 10.5 Å². The van der Waals surface area contributed by atoms with Gasteiger partial charge in [-0.1, -0.05) is 0 Å². The van der Waals surface area contributed by atoms with Crippen LogP contribution in [0.15, 0.2) is 6.07 Å². The van der Waals surface area contributed by atoms with Crippen LogP contribution in [-0.2, 0) is 6.42 Å². The minimum absolute atomic E-state index is 0.188. The Bertz CT molecular complexity index is 374. The van der Waals surface area contributed by atoms with Crippen molar-refractivity contribution < 1.29 is 0 Å². The van der Waals surface area contributed by atoms with E-state index in [0.29, 0.717) is 0 Å². The highest BCUT2D eigenvalue weighted by atomic mass is 127. The van der Waals surface area contributed by atoms with Crippen LogP contribution >= 0.6 is 22.6 Å². The third-order valence-electron chi connectivity index (χ3n) is 2.99. The van der Waals surface area contributed by atoms with E-state index in [-0.39, 0.29) is 6.04 Å². The van der Waals surface area contributed by atoms with Crippen LogP contribution in [-0.4, -0.2) is 0 Å². The van der Waals surface area contributed by atoms with E-state index in [1.54, 1.807) is 0 Å². The van der Waals surface area contributed by atoms with Crippen molar-refractivity contribution in [2.24, 2.45) is 5.73 Å². The summed E-state index contributed by atoms with van der Waals surface area (Å²) in [6, 6.07) is 2.33. The summed E-state index contributed by atoms with van der Waals surface area (Å²) in [5.74, 6) is 0. The Morgan fingerprint density at radius 3 is 2.93 bits per heavy atom. The van der Waals surface area contributed by atoms with Crippen LogP contribution in [0.25, 0.3) is 0 Å². The first kappa shape index (κ1) is 10.2. The highest BCUT2D eigenvalue weighted by molar-refractivity contribution is 14.1. The van der Waals surface area contributed by atoms with Gasteiger partial charge in [-0.2, -0.15) is 0 Å². The molecule has 0 heterocycles. The third-order valence-corrected chi connectivity index (χ3v) is 3.88. The number of hydrogen-bond donors (Lipinski definition) is 2. The van der Waals surface area contributed by atoms with Crippen molar-refractivity contribution in [3.63, 3.8) is 0 Å². The van der Waals surface area contributed by atoms with E-state index < -0.39 is 0 Å². The van der Waals surface area contributed by atoms with E-state index >= 15 is 0 Å². The number of fused-ring (bicyclic) bond motifs is 1. The van der Waals surface area contributed by atoms with Crippen LogP contribution in [0.1, 0.15) is 35.6 Å². The van der Waals surface area contributed by atoms with Gasteiger partial charge in [-0.3, -0.25) is 0 Å². The Hall–Kier alpha value is -0.290. The van der Waals surface area contributed by atoms with E-state index in [9.17, 15) is 0 Å². The molecule has 76 valence electrons. The fraction of sp³-hybridized carbons (Fsp3) is 0.455. The van der Waals surface area contributed by atoms with E-state index in [0.717, 1.165) is 24.9 Å². The molecule has 0 spiro atoms. The fourth-order valence-electron chi connectivity index (χ4n) is 2.19. The molecule has 1 aliphatic carbocycles. The molecule has 3 heteroatoms. The Balaban J connectivity index is 2.66. The molecule has 4 N–H and O–H groups in total. The summed E-state index contributed by atoms with van der Waals surface area (Å²) in [6.45, 7) is 2.07. The summed E-state index contributed by atoms with van der Waals surface area (Å²) >= 11 is 2.37. The predicted octanol–water partition coefficient (Wildman–Crippen LogP) is 2.52. The smallest absolute Gasteiger partial charge is 0.0380 e. The zero-order valence-electron chi connectivity index (χ0n) is 8.31. The molecule has 0 amide bonds. The first-order valence-electron chi connectivity index (χ1n) is 4.94. The molecule has 0 aromatic heterocycles. The maximum absolute atomic E-state index is 6.11. The second-order valence-electron chi connectivity index (χ2n) is 3.98. The summed E-state index contributed by atoms with van der Waals surface area (Å²) < 4.78 is 1.27. The first-order chi connectivity index (χ1) is 6.61. The average molecular weight is 302 g/mol. The van der Waals surface area contributed by atoms with Crippen LogP contribution in [0.5, 0.6) is 0 Å². The molecule has 0 radical (unpaired) electrons. The molecule has 1 aliphatic rings. The van der Waals surface area contributed by atoms with Gasteiger partial charge < -0.3 is 11.5 Å². The monoisotopic (exact) mass is 302 g/mol. The molecule has 14 heavy (non-hydrogen) atoms. The number of hydrogen-bond acceptors (Lipinski definition) is 2. The molecular weight excluding hydrogens is 287 g/mol.